The van der Waals surface area contributed by atoms with E-state index in [9.17, 15) is 0 Å². The highest BCUT2D eigenvalue weighted by Gasteiger charge is 2.15. The topological polar surface area (TPSA) is 27.6 Å². The van der Waals surface area contributed by atoms with E-state index >= 15 is 0 Å². The van der Waals surface area contributed by atoms with Crippen molar-refractivity contribution >= 4 is 23.0 Å². The van der Waals surface area contributed by atoms with E-state index in [0.717, 1.165) is 40.6 Å². The first-order chi connectivity index (χ1) is 11.3. The van der Waals surface area contributed by atoms with Gasteiger partial charge in [-0.25, -0.2) is 0 Å². The van der Waals surface area contributed by atoms with Crippen LogP contribution in [0.15, 0.2) is 53.6 Å². The summed E-state index contributed by atoms with van der Waals surface area (Å²) in [6.07, 6.45) is 3.71. The summed E-state index contributed by atoms with van der Waals surface area (Å²) in [6, 6.07) is 16.2. The first-order valence-electron chi connectivity index (χ1n) is 8.14. The number of nitrogens with zero attached hydrogens (tertiary/aromatic N) is 2. The van der Waals surface area contributed by atoms with Crippen LogP contribution >= 0.6 is 11.6 Å². The van der Waals surface area contributed by atoms with Crippen molar-refractivity contribution in [3.05, 3.63) is 64.7 Å². The first-order valence-corrected chi connectivity index (χ1v) is 8.52. The van der Waals surface area contributed by atoms with E-state index in [1.165, 1.54) is 19.3 Å². The Hall–Kier alpha value is -2.00. The van der Waals surface area contributed by atoms with E-state index in [1.54, 1.807) is 0 Å². The summed E-state index contributed by atoms with van der Waals surface area (Å²) in [5.41, 5.74) is 4.15. The molecule has 0 radical (unpaired) electrons. The number of hydrogen-bond donors (Lipinski definition) is 1. The van der Waals surface area contributed by atoms with Crippen molar-refractivity contribution in [2.24, 2.45) is 5.10 Å². The van der Waals surface area contributed by atoms with Crippen molar-refractivity contribution in [2.75, 3.05) is 25.5 Å². The lowest BCUT2D eigenvalue weighted by Crippen LogP contribution is -2.26. The maximum absolute atomic E-state index is 6.25. The molecule has 0 bridgehead atoms. The van der Waals surface area contributed by atoms with Crippen molar-refractivity contribution in [1.82, 2.24) is 5.01 Å². The fraction of sp³-hybridized carbons (Fsp3) is 0.316. The summed E-state index contributed by atoms with van der Waals surface area (Å²) >= 11 is 6.25. The number of hydrogen-bond acceptors (Lipinski definition) is 3. The van der Waals surface area contributed by atoms with E-state index in [-0.39, 0.29) is 0 Å². The van der Waals surface area contributed by atoms with Crippen LogP contribution in [0.5, 0.6) is 0 Å². The minimum absolute atomic E-state index is 0.723. The summed E-state index contributed by atoms with van der Waals surface area (Å²) < 4.78 is 0. The third-order valence-corrected chi connectivity index (χ3v) is 4.36. The Morgan fingerprint density at radius 3 is 2.48 bits per heavy atom. The normalized spacial score (nSPS) is 15.6. The van der Waals surface area contributed by atoms with E-state index in [4.69, 9.17) is 16.7 Å². The molecule has 4 heteroatoms. The molecule has 1 N–H and O–H groups in total. The average molecular weight is 328 g/mol. The highest BCUT2D eigenvalue weighted by atomic mass is 35.5. The van der Waals surface area contributed by atoms with Gasteiger partial charge in [-0.15, -0.1) is 0 Å². The predicted octanol–water partition coefficient (Wildman–Crippen LogP) is 4.62. The molecule has 1 aliphatic heterocycles. The maximum atomic E-state index is 6.25. The first kappa shape index (κ1) is 15.9. The van der Waals surface area contributed by atoms with Gasteiger partial charge in [-0.3, -0.25) is 5.01 Å². The Labute approximate surface area is 143 Å². The van der Waals surface area contributed by atoms with Gasteiger partial charge in [0.25, 0.3) is 0 Å². The second kappa shape index (κ2) is 7.51. The number of rotatable bonds is 4. The van der Waals surface area contributed by atoms with Crippen molar-refractivity contribution in [1.29, 1.82) is 0 Å². The molecule has 0 aromatic heterocycles. The Balaban J connectivity index is 2.08. The van der Waals surface area contributed by atoms with Crippen LogP contribution in [0.2, 0.25) is 5.02 Å². The second-order valence-corrected chi connectivity index (χ2v) is 6.21. The molecule has 0 unspecified atom stereocenters. The molecule has 1 heterocycles. The fourth-order valence-corrected chi connectivity index (χ4v) is 3.08. The molecule has 23 heavy (non-hydrogen) atoms. The summed E-state index contributed by atoms with van der Waals surface area (Å²) in [5, 5.41) is 11.1. The molecule has 0 spiro atoms. The summed E-state index contributed by atoms with van der Waals surface area (Å²) in [7, 11) is 1.93. The molecule has 0 saturated carbocycles. The molecule has 3 nitrogen and oxygen atoms in total. The Kier molecular flexibility index (Phi) is 5.19. The van der Waals surface area contributed by atoms with E-state index in [0.29, 0.717) is 0 Å². The van der Waals surface area contributed by atoms with Gasteiger partial charge in [-0.1, -0.05) is 41.9 Å². The van der Waals surface area contributed by atoms with Gasteiger partial charge in [0, 0.05) is 42.0 Å². The van der Waals surface area contributed by atoms with Gasteiger partial charge < -0.3 is 5.32 Å². The Bertz CT molecular complexity index is 676. The van der Waals surface area contributed by atoms with Crippen LogP contribution in [-0.4, -0.2) is 30.9 Å². The van der Waals surface area contributed by atoms with Crippen LogP contribution in [0.3, 0.4) is 0 Å². The smallest absolute Gasteiger partial charge is 0.0997 e. The van der Waals surface area contributed by atoms with Crippen LogP contribution in [0.1, 0.15) is 30.4 Å². The highest BCUT2D eigenvalue weighted by Crippen LogP contribution is 2.25. The lowest BCUT2D eigenvalue weighted by atomic mass is 10.0. The van der Waals surface area contributed by atoms with Gasteiger partial charge in [0.05, 0.1) is 5.71 Å². The summed E-state index contributed by atoms with van der Waals surface area (Å²) in [6.45, 7) is 2.04. The molecule has 0 amide bonds. The highest BCUT2D eigenvalue weighted by molar-refractivity contribution is 6.31. The van der Waals surface area contributed by atoms with Gasteiger partial charge in [-0.05, 0) is 37.5 Å². The average Bonchev–Trinajstić information content (AvgIpc) is 2.61. The zero-order valence-electron chi connectivity index (χ0n) is 13.4. The molecule has 1 saturated heterocycles. The predicted molar refractivity (Wildman–Crippen MR) is 98.5 cm³/mol. The zero-order chi connectivity index (χ0) is 16.1. The number of nitrogens with one attached hydrogen (secondary N) is 1. The number of hydrazone groups is 1. The third kappa shape index (κ3) is 3.85. The van der Waals surface area contributed by atoms with Gasteiger partial charge in [0.1, 0.15) is 0 Å². The van der Waals surface area contributed by atoms with Crippen molar-refractivity contribution in [2.45, 2.75) is 19.3 Å². The maximum Gasteiger partial charge on any atom is 0.0997 e. The SMILES string of the molecule is CNc1ccc(Cl)cc1/C(=N/N1CCCCC1)c1ccccc1. The molecule has 2 aromatic carbocycles. The van der Waals surface area contributed by atoms with E-state index in [1.807, 2.05) is 43.4 Å². The van der Waals surface area contributed by atoms with E-state index < -0.39 is 0 Å². The molecule has 0 aliphatic carbocycles. The third-order valence-electron chi connectivity index (χ3n) is 4.13. The Morgan fingerprint density at radius 1 is 1.04 bits per heavy atom. The lowest BCUT2D eigenvalue weighted by molar-refractivity contribution is 0.239. The minimum atomic E-state index is 0.723. The fourth-order valence-electron chi connectivity index (χ4n) is 2.91. The molecule has 2 aromatic rings. The van der Waals surface area contributed by atoms with Gasteiger partial charge in [-0.2, -0.15) is 5.10 Å². The largest absolute Gasteiger partial charge is 0.388 e. The van der Waals surface area contributed by atoms with Gasteiger partial charge >= 0.3 is 0 Å². The van der Waals surface area contributed by atoms with E-state index in [2.05, 4.69) is 22.5 Å². The second-order valence-electron chi connectivity index (χ2n) is 5.77. The van der Waals surface area contributed by atoms with Gasteiger partial charge in [0.15, 0.2) is 0 Å². The van der Waals surface area contributed by atoms with Gasteiger partial charge in [0.2, 0.25) is 0 Å². The molecule has 1 fully saturated rings. The van der Waals surface area contributed by atoms with Crippen LogP contribution in [0.4, 0.5) is 5.69 Å². The van der Waals surface area contributed by atoms with Crippen molar-refractivity contribution < 1.29 is 0 Å². The standard InChI is InChI=1S/C19H22ClN3/c1-21-18-11-10-16(20)14-17(18)19(15-8-4-2-5-9-15)22-23-12-6-3-7-13-23/h2,4-5,8-11,14,21H,3,6-7,12-13H2,1H3/b22-19+. The lowest BCUT2D eigenvalue weighted by Gasteiger charge is -2.25. The number of halogens is 1. The van der Waals surface area contributed by atoms with Crippen molar-refractivity contribution in [3.63, 3.8) is 0 Å². The molecule has 0 atom stereocenters. The molecule has 1 aliphatic rings. The number of anilines is 1. The van der Waals surface area contributed by atoms with Crippen LogP contribution in [0, 0.1) is 0 Å². The molecule has 120 valence electrons. The molecular formula is C19H22ClN3. The zero-order valence-corrected chi connectivity index (χ0v) is 14.2. The minimum Gasteiger partial charge on any atom is -0.388 e. The quantitative estimate of drug-likeness (QED) is 0.830. The summed E-state index contributed by atoms with van der Waals surface area (Å²) in [5.74, 6) is 0. The number of piperidine rings is 1. The monoisotopic (exact) mass is 327 g/mol. The number of benzene rings is 2. The van der Waals surface area contributed by atoms with Crippen LogP contribution in [-0.2, 0) is 0 Å². The molecular weight excluding hydrogens is 306 g/mol. The molecule has 3 rings (SSSR count). The Morgan fingerprint density at radius 2 is 1.78 bits per heavy atom. The van der Waals surface area contributed by atoms with Crippen molar-refractivity contribution in [3.8, 4) is 0 Å². The van der Waals surface area contributed by atoms with Crippen LogP contribution in [0.25, 0.3) is 0 Å². The summed E-state index contributed by atoms with van der Waals surface area (Å²) in [4.78, 5) is 0. The van der Waals surface area contributed by atoms with Crippen LogP contribution < -0.4 is 5.32 Å².